The Morgan fingerprint density at radius 1 is 1.47 bits per heavy atom. The van der Waals surface area contributed by atoms with Crippen molar-refractivity contribution in [3.63, 3.8) is 0 Å². The van der Waals surface area contributed by atoms with Gasteiger partial charge in [0.2, 0.25) is 0 Å². The highest BCUT2D eigenvalue weighted by Crippen LogP contribution is 2.17. The number of rotatable bonds is 2. The molecule has 19 heavy (non-hydrogen) atoms. The summed E-state index contributed by atoms with van der Waals surface area (Å²) in [6.45, 7) is 4.77. The first kappa shape index (κ1) is 13.8. The van der Waals surface area contributed by atoms with Crippen molar-refractivity contribution in [2.45, 2.75) is 25.8 Å². The molecular weight excluding hydrogens is 242 g/mol. The summed E-state index contributed by atoms with van der Waals surface area (Å²) in [5.74, 6) is -0.00334. The van der Waals surface area contributed by atoms with Gasteiger partial charge in [0.25, 0.3) is 5.91 Å². The number of amides is 1. The largest absolute Gasteiger partial charge is 0.506 e. The Morgan fingerprint density at radius 2 is 2.26 bits per heavy atom. The minimum atomic E-state index is -0.0365. The van der Waals surface area contributed by atoms with Crippen molar-refractivity contribution in [2.75, 3.05) is 26.7 Å². The molecule has 2 rings (SSSR count). The van der Waals surface area contributed by atoms with E-state index in [2.05, 4.69) is 23.9 Å². The third kappa shape index (κ3) is 3.23. The van der Waals surface area contributed by atoms with Gasteiger partial charge in [0.05, 0.1) is 11.8 Å². The van der Waals surface area contributed by atoms with Crippen molar-refractivity contribution in [1.29, 1.82) is 0 Å². The number of hydrogen-bond acceptors (Lipinski definition) is 4. The first-order chi connectivity index (χ1) is 9.11. The number of carbonyl (C=O) groups is 1. The Bertz CT molecular complexity index is 450. The minimum absolute atomic E-state index is 0.0332. The number of pyridine rings is 1. The minimum Gasteiger partial charge on any atom is -0.506 e. The van der Waals surface area contributed by atoms with Crippen LogP contribution in [0, 0.1) is 0 Å². The Morgan fingerprint density at radius 3 is 2.95 bits per heavy atom. The predicted octanol–water partition coefficient (Wildman–Crippen LogP) is 1.34. The molecule has 1 saturated heterocycles. The van der Waals surface area contributed by atoms with Crippen LogP contribution in [-0.2, 0) is 0 Å². The van der Waals surface area contributed by atoms with Gasteiger partial charge in [0.1, 0.15) is 5.75 Å². The molecule has 5 heteroatoms. The van der Waals surface area contributed by atoms with Crippen LogP contribution in [0.4, 0.5) is 0 Å². The monoisotopic (exact) mass is 263 g/mol. The van der Waals surface area contributed by atoms with Crippen LogP contribution in [0.5, 0.6) is 5.75 Å². The van der Waals surface area contributed by atoms with E-state index in [4.69, 9.17) is 0 Å². The van der Waals surface area contributed by atoms with Crippen molar-refractivity contribution < 1.29 is 9.90 Å². The Labute approximate surface area is 113 Å². The van der Waals surface area contributed by atoms with Crippen LogP contribution >= 0.6 is 0 Å². The summed E-state index contributed by atoms with van der Waals surface area (Å²) >= 11 is 0. The van der Waals surface area contributed by atoms with Crippen LogP contribution in [0.1, 0.15) is 30.1 Å². The van der Waals surface area contributed by atoms with E-state index in [1.807, 2.05) is 4.90 Å². The van der Waals surface area contributed by atoms with E-state index in [1.165, 1.54) is 18.5 Å². The maximum Gasteiger partial charge on any atom is 0.255 e. The second-order valence-corrected chi connectivity index (χ2v) is 5.11. The van der Waals surface area contributed by atoms with Crippen LogP contribution in [0.3, 0.4) is 0 Å². The van der Waals surface area contributed by atoms with Gasteiger partial charge in [-0.25, -0.2) is 0 Å². The Hall–Kier alpha value is -1.62. The lowest BCUT2D eigenvalue weighted by atomic mass is 10.1. The number of carbonyl (C=O) groups excluding carboxylic acids is 1. The highest BCUT2D eigenvalue weighted by Gasteiger charge is 2.27. The molecule has 1 aliphatic heterocycles. The highest BCUT2D eigenvalue weighted by molar-refractivity contribution is 5.94. The van der Waals surface area contributed by atoms with Gasteiger partial charge in [-0.15, -0.1) is 0 Å². The maximum atomic E-state index is 12.5. The van der Waals surface area contributed by atoms with E-state index in [0.717, 1.165) is 32.5 Å². The lowest BCUT2D eigenvalue weighted by Gasteiger charge is -2.30. The zero-order valence-corrected chi connectivity index (χ0v) is 11.5. The molecule has 1 aromatic heterocycles. The molecule has 0 aliphatic carbocycles. The third-order valence-corrected chi connectivity index (χ3v) is 3.60. The van der Waals surface area contributed by atoms with Gasteiger partial charge in [0, 0.05) is 25.3 Å². The second-order valence-electron chi connectivity index (χ2n) is 5.11. The third-order valence-electron chi connectivity index (χ3n) is 3.60. The second kappa shape index (κ2) is 6.02. The molecule has 1 fully saturated rings. The van der Waals surface area contributed by atoms with Crippen molar-refractivity contribution in [1.82, 2.24) is 14.8 Å². The number of aromatic hydroxyl groups is 1. The average molecular weight is 263 g/mol. The Kier molecular flexibility index (Phi) is 4.37. The smallest absolute Gasteiger partial charge is 0.255 e. The first-order valence-corrected chi connectivity index (χ1v) is 6.75. The zero-order chi connectivity index (χ0) is 13.8. The SMILES string of the molecule is CCC1CN(C)CCCN1C(=O)c1cncc(O)c1. The van der Waals surface area contributed by atoms with E-state index >= 15 is 0 Å². The molecule has 104 valence electrons. The summed E-state index contributed by atoms with van der Waals surface area (Å²) in [7, 11) is 2.09. The number of aromatic nitrogens is 1. The lowest BCUT2D eigenvalue weighted by Crippen LogP contribution is -2.43. The molecule has 1 atom stereocenters. The molecule has 1 unspecified atom stereocenters. The normalized spacial score (nSPS) is 21.2. The standard InChI is InChI=1S/C14H21N3O2/c1-3-12-10-16(2)5-4-6-17(12)14(19)11-7-13(18)9-15-8-11/h7-9,12,18H,3-6,10H2,1-2H3. The summed E-state index contributed by atoms with van der Waals surface area (Å²) in [6.07, 6.45) is 4.76. The molecule has 0 bridgehead atoms. The van der Waals surface area contributed by atoms with Crippen molar-refractivity contribution in [3.8, 4) is 5.75 Å². The van der Waals surface area contributed by atoms with E-state index in [9.17, 15) is 9.90 Å². The van der Waals surface area contributed by atoms with Gasteiger partial charge in [0.15, 0.2) is 0 Å². The van der Waals surface area contributed by atoms with Gasteiger partial charge >= 0.3 is 0 Å². The van der Waals surface area contributed by atoms with Crippen molar-refractivity contribution in [3.05, 3.63) is 24.0 Å². The molecule has 1 aliphatic rings. The predicted molar refractivity (Wildman–Crippen MR) is 73.1 cm³/mol. The van der Waals surface area contributed by atoms with Crippen LogP contribution in [-0.4, -0.2) is 58.5 Å². The molecule has 2 heterocycles. The number of hydrogen-bond donors (Lipinski definition) is 1. The number of likely N-dealkylation sites (N-methyl/N-ethyl adjacent to an activating group) is 1. The quantitative estimate of drug-likeness (QED) is 0.875. The number of nitrogens with zero attached hydrogens (tertiary/aromatic N) is 3. The van der Waals surface area contributed by atoms with E-state index in [1.54, 1.807) is 0 Å². The average Bonchev–Trinajstić information content (AvgIpc) is 2.59. The van der Waals surface area contributed by atoms with E-state index in [-0.39, 0.29) is 17.7 Å². The summed E-state index contributed by atoms with van der Waals surface area (Å²) in [6, 6.07) is 1.71. The van der Waals surface area contributed by atoms with Gasteiger partial charge < -0.3 is 14.9 Å². The van der Waals surface area contributed by atoms with Crippen LogP contribution < -0.4 is 0 Å². The fourth-order valence-corrected chi connectivity index (χ4v) is 2.57. The van der Waals surface area contributed by atoms with Crippen LogP contribution in [0.25, 0.3) is 0 Å². The summed E-state index contributed by atoms with van der Waals surface area (Å²) in [5, 5.41) is 9.44. The highest BCUT2D eigenvalue weighted by atomic mass is 16.3. The van der Waals surface area contributed by atoms with Gasteiger partial charge in [-0.2, -0.15) is 0 Å². The van der Waals surface area contributed by atoms with Crippen molar-refractivity contribution in [2.24, 2.45) is 0 Å². The van der Waals surface area contributed by atoms with Gasteiger partial charge in [-0.05, 0) is 32.5 Å². The molecule has 1 aromatic rings. The fraction of sp³-hybridized carbons (Fsp3) is 0.571. The topological polar surface area (TPSA) is 56.7 Å². The maximum absolute atomic E-state index is 12.5. The van der Waals surface area contributed by atoms with E-state index in [0.29, 0.717) is 5.56 Å². The molecule has 1 amide bonds. The summed E-state index contributed by atoms with van der Waals surface area (Å²) in [4.78, 5) is 20.6. The summed E-state index contributed by atoms with van der Waals surface area (Å²) < 4.78 is 0. The fourth-order valence-electron chi connectivity index (χ4n) is 2.57. The lowest BCUT2D eigenvalue weighted by molar-refractivity contribution is 0.0675. The zero-order valence-electron chi connectivity index (χ0n) is 11.5. The molecule has 1 N–H and O–H groups in total. The summed E-state index contributed by atoms with van der Waals surface area (Å²) in [5.41, 5.74) is 0.461. The molecule has 0 spiro atoms. The van der Waals surface area contributed by atoms with E-state index < -0.39 is 0 Å². The molecule has 0 radical (unpaired) electrons. The molecule has 5 nitrogen and oxygen atoms in total. The van der Waals surface area contributed by atoms with Crippen LogP contribution in [0.2, 0.25) is 0 Å². The molecule has 0 saturated carbocycles. The molecule has 0 aromatic carbocycles. The first-order valence-electron chi connectivity index (χ1n) is 6.75. The van der Waals surface area contributed by atoms with Gasteiger partial charge in [-0.1, -0.05) is 6.92 Å². The molecular formula is C14H21N3O2. The van der Waals surface area contributed by atoms with Crippen LogP contribution in [0.15, 0.2) is 18.5 Å². The van der Waals surface area contributed by atoms with Crippen molar-refractivity contribution >= 4 is 5.91 Å². The Balaban J connectivity index is 2.20. The van der Waals surface area contributed by atoms with Gasteiger partial charge in [-0.3, -0.25) is 9.78 Å².